The zero-order valence-corrected chi connectivity index (χ0v) is 14.6. The smallest absolute Gasteiger partial charge is 0.137 e. The van der Waals surface area contributed by atoms with Crippen molar-refractivity contribution in [2.75, 3.05) is 20.3 Å². The summed E-state index contributed by atoms with van der Waals surface area (Å²) in [4.78, 5) is 11.0. The molecule has 2 aromatic rings. The normalized spacial score (nSPS) is 21.5. The summed E-state index contributed by atoms with van der Waals surface area (Å²) in [6.45, 7) is 6.70. The molecule has 1 fully saturated rings. The number of ether oxygens (including phenoxy) is 2. The lowest BCUT2D eigenvalue weighted by Gasteiger charge is -2.24. The van der Waals surface area contributed by atoms with Crippen LogP contribution in [0.25, 0.3) is 0 Å². The first-order valence-electron chi connectivity index (χ1n) is 8.48. The number of imidazole rings is 1. The Labute approximate surface area is 143 Å². The van der Waals surface area contributed by atoms with E-state index in [0.29, 0.717) is 18.7 Å². The molecule has 0 spiro atoms. The molecule has 2 atom stereocenters. The van der Waals surface area contributed by atoms with Crippen LogP contribution in [0, 0.1) is 0 Å². The van der Waals surface area contributed by atoms with E-state index in [4.69, 9.17) is 9.47 Å². The fourth-order valence-corrected chi connectivity index (χ4v) is 3.22. The Hall–Kier alpha value is -1.92. The van der Waals surface area contributed by atoms with Gasteiger partial charge in [0.25, 0.3) is 0 Å². The van der Waals surface area contributed by atoms with Crippen molar-refractivity contribution in [3.8, 4) is 5.75 Å². The average Bonchev–Trinajstić information content (AvgIpc) is 3.21. The second-order valence-electron chi connectivity index (χ2n) is 6.52. The summed E-state index contributed by atoms with van der Waals surface area (Å²) in [5, 5.41) is 0. The van der Waals surface area contributed by atoms with Gasteiger partial charge in [-0.1, -0.05) is 0 Å². The van der Waals surface area contributed by atoms with Crippen LogP contribution < -0.4 is 4.74 Å². The molecule has 0 saturated carbocycles. The monoisotopic (exact) mass is 330 g/mol. The number of rotatable bonds is 7. The molecule has 6 nitrogen and oxygen atoms in total. The fourth-order valence-electron chi connectivity index (χ4n) is 3.22. The highest BCUT2D eigenvalue weighted by molar-refractivity contribution is 5.15. The second kappa shape index (κ2) is 7.77. The van der Waals surface area contributed by atoms with Gasteiger partial charge in [-0.2, -0.15) is 0 Å². The largest absolute Gasteiger partial charge is 0.490 e. The fraction of sp³-hybridized carbons (Fsp3) is 0.556. The molecular weight excluding hydrogens is 304 g/mol. The van der Waals surface area contributed by atoms with Gasteiger partial charge >= 0.3 is 0 Å². The van der Waals surface area contributed by atoms with Crippen LogP contribution in [0.4, 0.5) is 0 Å². The third-order valence-corrected chi connectivity index (χ3v) is 4.55. The van der Waals surface area contributed by atoms with E-state index < -0.39 is 0 Å². The van der Waals surface area contributed by atoms with Crippen molar-refractivity contribution in [2.24, 2.45) is 0 Å². The van der Waals surface area contributed by atoms with Crippen molar-refractivity contribution in [1.29, 1.82) is 0 Å². The standard InChI is InChI=1S/C18H26N4O2/c1-14(2)22-8-7-20-18(22)12-21-11-17(23-3)9-15(21)13-24-16-5-4-6-19-10-16/h4-8,10,14-15,17H,9,11-13H2,1-3H3/t15-,17+/m0/s1. The summed E-state index contributed by atoms with van der Waals surface area (Å²) in [7, 11) is 1.78. The van der Waals surface area contributed by atoms with Crippen LogP contribution in [0.2, 0.25) is 0 Å². The van der Waals surface area contributed by atoms with E-state index in [1.807, 2.05) is 24.5 Å². The van der Waals surface area contributed by atoms with Crippen molar-refractivity contribution in [3.05, 3.63) is 42.7 Å². The Morgan fingerprint density at radius 2 is 2.21 bits per heavy atom. The van der Waals surface area contributed by atoms with E-state index in [1.165, 1.54) is 0 Å². The van der Waals surface area contributed by atoms with Gasteiger partial charge in [0.1, 0.15) is 18.2 Å². The number of hydrogen-bond donors (Lipinski definition) is 0. The number of nitrogens with zero attached hydrogens (tertiary/aromatic N) is 4. The maximum atomic E-state index is 5.92. The van der Waals surface area contributed by atoms with Gasteiger partial charge < -0.3 is 14.0 Å². The van der Waals surface area contributed by atoms with Crippen LogP contribution in [0.15, 0.2) is 36.9 Å². The molecular formula is C18H26N4O2. The van der Waals surface area contributed by atoms with E-state index in [2.05, 4.69) is 33.3 Å². The second-order valence-corrected chi connectivity index (χ2v) is 6.52. The highest BCUT2D eigenvalue weighted by Crippen LogP contribution is 2.23. The van der Waals surface area contributed by atoms with Gasteiger partial charge in [-0.3, -0.25) is 9.88 Å². The molecule has 24 heavy (non-hydrogen) atoms. The van der Waals surface area contributed by atoms with E-state index in [-0.39, 0.29) is 6.10 Å². The Morgan fingerprint density at radius 3 is 2.92 bits per heavy atom. The van der Waals surface area contributed by atoms with Gasteiger partial charge in [0.15, 0.2) is 0 Å². The van der Waals surface area contributed by atoms with Crippen molar-refractivity contribution >= 4 is 0 Å². The van der Waals surface area contributed by atoms with Crippen LogP contribution in [0.1, 0.15) is 32.1 Å². The van der Waals surface area contributed by atoms with Gasteiger partial charge in [-0.05, 0) is 32.4 Å². The van der Waals surface area contributed by atoms with Crippen molar-refractivity contribution in [2.45, 2.75) is 45.0 Å². The summed E-state index contributed by atoms with van der Waals surface area (Å²) in [6.07, 6.45) is 8.64. The lowest BCUT2D eigenvalue weighted by atomic mass is 10.2. The van der Waals surface area contributed by atoms with Gasteiger partial charge in [0, 0.05) is 44.3 Å². The maximum absolute atomic E-state index is 5.92. The molecule has 0 radical (unpaired) electrons. The number of hydrogen-bond acceptors (Lipinski definition) is 5. The average molecular weight is 330 g/mol. The molecule has 1 aliphatic heterocycles. The quantitative estimate of drug-likeness (QED) is 0.781. The third kappa shape index (κ3) is 3.94. The summed E-state index contributed by atoms with van der Waals surface area (Å²) < 4.78 is 13.7. The molecule has 0 N–H and O–H groups in total. The van der Waals surface area contributed by atoms with Gasteiger partial charge in [0.05, 0.1) is 18.8 Å². The number of pyridine rings is 1. The SMILES string of the molecule is CO[C@@H]1C[C@@H](COc2cccnc2)N(Cc2nccn2C(C)C)C1. The van der Waals surface area contributed by atoms with Gasteiger partial charge in [0.2, 0.25) is 0 Å². The van der Waals surface area contributed by atoms with E-state index in [0.717, 1.165) is 31.1 Å². The minimum Gasteiger partial charge on any atom is -0.490 e. The maximum Gasteiger partial charge on any atom is 0.137 e. The van der Waals surface area contributed by atoms with Crippen LogP contribution in [-0.4, -0.2) is 51.8 Å². The van der Waals surface area contributed by atoms with Crippen LogP contribution >= 0.6 is 0 Å². The first-order chi connectivity index (χ1) is 11.7. The summed E-state index contributed by atoms with van der Waals surface area (Å²) in [5.74, 6) is 1.90. The predicted molar refractivity (Wildman–Crippen MR) is 92.0 cm³/mol. The minimum atomic E-state index is 0.245. The zero-order chi connectivity index (χ0) is 16.9. The lowest BCUT2D eigenvalue weighted by molar-refractivity contribution is 0.106. The Kier molecular flexibility index (Phi) is 5.48. The minimum absolute atomic E-state index is 0.245. The third-order valence-electron chi connectivity index (χ3n) is 4.55. The van der Waals surface area contributed by atoms with Crippen molar-refractivity contribution < 1.29 is 9.47 Å². The molecule has 3 rings (SSSR count). The van der Waals surface area contributed by atoms with E-state index in [9.17, 15) is 0 Å². The van der Waals surface area contributed by atoms with Crippen LogP contribution in [-0.2, 0) is 11.3 Å². The molecule has 0 bridgehead atoms. The van der Waals surface area contributed by atoms with Gasteiger partial charge in [-0.25, -0.2) is 4.98 Å². The van der Waals surface area contributed by atoms with Crippen molar-refractivity contribution in [1.82, 2.24) is 19.4 Å². The Morgan fingerprint density at radius 1 is 1.33 bits per heavy atom. The molecule has 1 aliphatic rings. The molecule has 6 heteroatoms. The zero-order valence-electron chi connectivity index (χ0n) is 14.6. The summed E-state index contributed by atoms with van der Waals surface area (Å²) in [6, 6.07) is 4.55. The van der Waals surface area contributed by atoms with E-state index >= 15 is 0 Å². The molecule has 130 valence electrons. The molecule has 0 aliphatic carbocycles. The highest BCUT2D eigenvalue weighted by atomic mass is 16.5. The molecule has 0 aromatic carbocycles. The number of methoxy groups -OCH3 is 1. The molecule has 0 amide bonds. The lowest BCUT2D eigenvalue weighted by Crippen LogP contribution is -2.35. The molecule has 2 aromatic heterocycles. The summed E-state index contributed by atoms with van der Waals surface area (Å²) >= 11 is 0. The van der Waals surface area contributed by atoms with E-state index in [1.54, 1.807) is 19.5 Å². The number of likely N-dealkylation sites (tertiary alicyclic amines) is 1. The van der Waals surface area contributed by atoms with Gasteiger partial charge in [-0.15, -0.1) is 0 Å². The number of aromatic nitrogens is 3. The Balaban J connectivity index is 1.66. The summed E-state index contributed by atoms with van der Waals surface area (Å²) in [5.41, 5.74) is 0. The first kappa shape index (κ1) is 16.9. The van der Waals surface area contributed by atoms with Crippen LogP contribution in [0.3, 0.4) is 0 Å². The van der Waals surface area contributed by atoms with Crippen molar-refractivity contribution in [3.63, 3.8) is 0 Å². The highest BCUT2D eigenvalue weighted by Gasteiger charge is 2.33. The molecule has 1 saturated heterocycles. The molecule has 0 unspecified atom stereocenters. The topological polar surface area (TPSA) is 52.4 Å². The predicted octanol–water partition coefficient (Wildman–Crippen LogP) is 2.53. The first-order valence-corrected chi connectivity index (χ1v) is 8.48. The Bertz CT molecular complexity index is 629. The molecule has 3 heterocycles. The van der Waals surface area contributed by atoms with Crippen LogP contribution in [0.5, 0.6) is 5.75 Å².